The molecule has 19 heavy (non-hydrogen) atoms. The van der Waals surface area contributed by atoms with Gasteiger partial charge in [0.05, 0.1) is 13.2 Å². The summed E-state index contributed by atoms with van der Waals surface area (Å²) in [4.78, 5) is 8.80. The van der Waals surface area contributed by atoms with Crippen LogP contribution < -0.4 is 15.8 Å². The third-order valence-electron chi connectivity index (χ3n) is 2.49. The summed E-state index contributed by atoms with van der Waals surface area (Å²) >= 11 is 0. The molecule has 0 unspecified atom stereocenters. The fraction of sp³-hybridized carbons (Fsp3) is 0.692. The predicted octanol–water partition coefficient (Wildman–Crippen LogP) is 2.03. The molecule has 6 nitrogen and oxygen atoms in total. The minimum atomic E-state index is 0.215. The third-order valence-corrected chi connectivity index (χ3v) is 2.49. The molecule has 108 valence electrons. The molecule has 1 aromatic heterocycles. The zero-order chi connectivity index (χ0) is 14.3. The molecular formula is C13H24N4O2. The Bertz CT molecular complexity index is 396. The Labute approximate surface area is 114 Å². The van der Waals surface area contributed by atoms with Crippen LogP contribution in [0.5, 0.6) is 5.88 Å². The summed E-state index contributed by atoms with van der Waals surface area (Å²) in [5.74, 6) is 2.01. The molecule has 0 fully saturated rings. The second-order valence-corrected chi connectivity index (χ2v) is 4.57. The molecule has 0 amide bonds. The molecule has 0 aliphatic heterocycles. The van der Waals surface area contributed by atoms with Crippen LogP contribution in [0.15, 0.2) is 0 Å². The van der Waals surface area contributed by atoms with Crippen molar-refractivity contribution in [2.24, 2.45) is 0 Å². The van der Waals surface area contributed by atoms with Gasteiger partial charge >= 0.3 is 0 Å². The van der Waals surface area contributed by atoms with E-state index in [1.165, 1.54) is 0 Å². The maximum absolute atomic E-state index is 6.02. The Kier molecular flexibility index (Phi) is 6.35. The van der Waals surface area contributed by atoms with Crippen molar-refractivity contribution in [3.05, 3.63) is 5.82 Å². The monoisotopic (exact) mass is 268 g/mol. The number of methoxy groups -OCH3 is 1. The summed E-state index contributed by atoms with van der Waals surface area (Å²) in [7, 11) is 1.65. The number of aromatic nitrogens is 2. The van der Waals surface area contributed by atoms with Gasteiger partial charge in [-0.15, -0.1) is 0 Å². The van der Waals surface area contributed by atoms with Crippen LogP contribution in [0.25, 0.3) is 0 Å². The first-order chi connectivity index (χ1) is 9.10. The quantitative estimate of drug-likeness (QED) is 0.702. The normalized spacial score (nSPS) is 10.8. The largest absolute Gasteiger partial charge is 0.476 e. The van der Waals surface area contributed by atoms with Crippen LogP contribution in [0.3, 0.4) is 0 Å². The van der Waals surface area contributed by atoms with Crippen LogP contribution in [0.1, 0.15) is 38.9 Å². The van der Waals surface area contributed by atoms with Gasteiger partial charge in [0.2, 0.25) is 5.88 Å². The van der Waals surface area contributed by atoms with Gasteiger partial charge in [-0.1, -0.05) is 20.8 Å². The SMILES string of the molecule is CCCOc1nc(C(C)C)nc(NCCOC)c1N. The fourth-order valence-corrected chi connectivity index (χ4v) is 1.44. The van der Waals surface area contributed by atoms with Crippen LogP contribution in [0, 0.1) is 0 Å². The van der Waals surface area contributed by atoms with Gasteiger partial charge in [-0.3, -0.25) is 0 Å². The standard InChI is InChI=1S/C13H24N4O2/c1-5-7-19-13-10(14)12(15-6-8-18-4)16-11(17-13)9(2)3/h9H,5-8,14H2,1-4H3,(H,15,16,17). The topological polar surface area (TPSA) is 82.3 Å². The summed E-state index contributed by atoms with van der Waals surface area (Å²) in [6.07, 6.45) is 0.910. The highest BCUT2D eigenvalue weighted by atomic mass is 16.5. The van der Waals surface area contributed by atoms with Gasteiger partial charge < -0.3 is 20.5 Å². The highest BCUT2D eigenvalue weighted by Gasteiger charge is 2.14. The molecule has 1 rings (SSSR count). The molecule has 0 aliphatic carbocycles. The second kappa shape index (κ2) is 7.78. The number of nitrogens with zero attached hydrogens (tertiary/aromatic N) is 2. The molecule has 0 aromatic carbocycles. The Morgan fingerprint density at radius 3 is 2.58 bits per heavy atom. The molecule has 0 bridgehead atoms. The zero-order valence-corrected chi connectivity index (χ0v) is 12.2. The van der Waals surface area contributed by atoms with E-state index < -0.39 is 0 Å². The van der Waals surface area contributed by atoms with Crippen molar-refractivity contribution < 1.29 is 9.47 Å². The molecule has 6 heteroatoms. The molecular weight excluding hydrogens is 244 g/mol. The van der Waals surface area contributed by atoms with Crippen molar-refractivity contribution in [1.82, 2.24) is 9.97 Å². The molecule has 0 spiro atoms. The van der Waals surface area contributed by atoms with Gasteiger partial charge in [0.15, 0.2) is 5.82 Å². The van der Waals surface area contributed by atoms with Gasteiger partial charge in [0.25, 0.3) is 0 Å². The van der Waals surface area contributed by atoms with Crippen LogP contribution in [-0.2, 0) is 4.74 Å². The van der Waals surface area contributed by atoms with E-state index in [2.05, 4.69) is 15.3 Å². The number of nitrogens with one attached hydrogen (secondary N) is 1. The lowest BCUT2D eigenvalue weighted by Gasteiger charge is -2.15. The van der Waals surface area contributed by atoms with Crippen molar-refractivity contribution >= 4 is 11.5 Å². The smallest absolute Gasteiger partial charge is 0.242 e. The highest BCUT2D eigenvalue weighted by molar-refractivity contribution is 5.67. The molecule has 3 N–H and O–H groups in total. The highest BCUT2D eigenvalue weighted by Crippen LogP contribution is 2.28. The summed E-state index contributed by atoms with van der Waals surface area (Å²) in [5, 5.41) is 3.14. The first kappa shape index (κ1) is 15.5. The van der Waals surface area contributed by atoms with Gasteiger partial charge in [-0.25, -0.2) is 4.98 Å². The van der Waals surface area contributed by atoms with E-state index in [-0.39, 0.29) is 5.92 Å². The van der Waals surface area contributed by atoms with E-state index >= 15 is 0 Å². The minimum absolute atomic E-state index is 0.215. The Morgan fingerprint density at radius 2 is 2.00 bits per heavy atom. The number of nitrogens with two attached hydrogens (primary N) is 1. The van der Waals surface area contributed by atoms with Crippen LogP contribution in [0.4, 0.5) is 11.5 Å². The predicted molar refractivity (Wildman–Crippen MR) is 76.7 cm³/mol. The average Bonchev–Trinajstić information content (AvgIpc) is 2.39. The molecule has 1 heterocycles. The van der Waals surface area contributed by atoms with Crippen molar-refractivity contribution in [2.75, 3.05) is 37.9 Å². The Morgan fingerprint density at radius 1 is 1.26 bits per heavy atom. The maximum atomic E-state index is 6.02. The second-order valence-electron chi connectivity index (χ2n) is 4.57. The van der Waals surface area contributed by atoms with E-state index in [1.54, 1.807) is 7.11 Å². The van der Waals surface area contributed by atoms with Crippen LogP contribution in [-0.4, -0.2) is 36.8 Å². The van der Waals surface area contributed by atoms with Gasteiger partial charge in [0.1, 0.15) is 11.5 Å². The van der Waals surface area contributed by atoms with E-state index in [0.29, 0.717) is 37.1 Å². The van der Waals surface area contributed by atoms with E-state index in [9.17, 15) is 0 Å². The molecule has 0 saturated heterocycles. The summed E-state index contributed by atoms with van der Waals surface area (Å²) in [5.41, 5.74) is 6.47. The van der Waals surface area contributed by atoms with Gasteiger partial charge in [0, 0.05) is 19.6 Å². The van der Waals surface area contributed by atoms with Crippen LogP contribution >= 0.6 is 0 Å². The summed E-state index contributed by atoms with van der Waals surface area (Å²) < 4.78 is 10.6. The Balaban J connectivity index is 2.95. The molecule has 1 aromatic rings. The zero-order valence-electron chi connectivity index (χ0n) is 12.2. The number of ether oxygens (including phenoxy) is 2. The number of hydrogen-bond acceptors (Lipinski definition) is 6. The van der Waals surface area contributed by atoms with E-state index in [4.69, 9.17) is 15.2 Å². The van der Waals surface area contributed by atoms with Crippen molar-refractivity contribution in [1.29, 1.82) is 0 Å². The number of nitrogen functional groups attached to an aromatic ring is 1. The number of rotatable bonds is 8. The first-order valence-corrected chi connectivity index (χ1v) is 6.63. The minimum Gasteiger partial charge on any atom is -0.476 e. The summed E-state index contributed by atoms with van der Waals surface area (Å²) in [6.45, 7) is 7.94. The average molecular weight is 268 g/mol. The van der Waals surface area contributed by atoms with Crippen LogP contribution in [0.2, 0.25) is 0 Å². The van der Waals surface area contributed by atoms with Gasteiger partial charge in [-0.2, -0.15) is 4.98 Å². The maximum Gasteiger partial charge on any atom is 0.242 e. The number of anilines is 2. The molecule has 0 atom stereocenters. The lowest BCUT2D eigenvalue weighted by Crippen LogP contribution is -2.14. The molecule has 0 aliphatic rings. The summed E-state index contributed by atoms with van der Waals surface area (Å²) in [6, 6.07) is 0. The Hall–Kier alpha value is -1.56. The lowest BCUT2D eigenvalue weighted by molar-refractivity contribution is 0.210. The fourth-order valence-electron chi connectivity index (χ4n) is 1.44. The van der Waals surface area contributed by atoms with Crippen molar-refractivity contribution in [3.63, 3.8) is 0 Å². The number of hydrogen-bond donors (Lipinski definition) is 2. The lowest BCUT2D eigenvalue weighted by atomic mass is 10.2. The van der Waals surface area contributed by atoms with Crippen molar-refractivity contribution in [3.8, 4) is 5.88 Å². The van der Waals surface area contributed by atoms with E-state index in [1.807, 2.05) is 20.8 Å². The molecule has 0 radical (unpaired) electrons. The van der Waals surface area contributed by atoms with Crippen molar-refractivity contribution in [2.45, 2.75) is 33.1 Å². The first-order valence-electron chi connectivity index (χ1n) is 6.63. The van der Waals surface area contributed by atoms with Gasteiger partial charge in [-0.05, 0) is 6.42 Å². The van der Waals surface area contributed by atoms with E-state index in [0.717, 1.165) is 12.2 Å². The molecule has 0 saturated carbocycles. The third kappa shape index (κ3) is 4.55.